The summed E-state index contributed by atoms with van der Waals surface area (Å²) in [5, 5.41) is 8.88. The molecule has 0 bridgehead atoms. The third kappa shape index (κ3) is 3.47. The van der Waals surface area contributed by atoms with Crippen LogP contribution in [0.15, 0.2) is 23.1 Å². The van der Waals surface area contributed by atoms with Gasteiger partial charge >= 0.3 is 0 Å². The van der Waals surface area contributed by atoms with Crippen LogP contribution in [0.5, 0.6) is 0 Å². The van der Waals surface area contributed by atoms with Crippen molar-refractivity contribution in [1.82, 2.24) is 0 Å². The highest BCUT2D eigenvalue weighted by atomic mass is 32.2. The van der Waals surface area contributed by atoms with Crippen molar-refractivity contribution in [3.05, 3.63) is 23.8 Å². The Morgan fingerprint density at radius 3 is 2.50 bits per heavy atom. The van der Waals surface area contributed by atoms with Crippen molar-refractivity contribution in [2.45, 2.75) is 32.1 Å². The summed E-state index contributed by atoms with van der Waals surface area (Å²) in [4.78, 5) is 0.154. The molecule has 0 aliphatic rings. The molecule has 1 aromatic rings. The van der Waals surface area contributed by atoms with Gasteiger partial charge in [-0.05, 0) is 44.9 Å². The first kappa shape index (κ1) is 14.5. The molecule has 0 atom stereocenters. The van der Waals surface area contributed by atoms with E-state index >= 15 is 0 Å². The van der Waals surface area contributed by atoms with Crippen LogP contribution in [0.25, 0.3) is 0 Å². The number of hydrogen-bond donors (Lipinski definition) is 1. The molecule has 0 radical (unpaired) electrons. The molecule has 2 N–H and O–H groups in total. The smallest absolute Gasteiger partial charge is 0.180 e. The predicted molar refractivity (Wildman–Crippen MR) is 71.7 cm³/mol. The molecule has 18 heavy (non-hydrogen) atoms. The predicted octanol–water partition coefficient (Wildman–Crippen LogP) is 2.29. The second-order valence-electron chi connectivity index (χ2n) is 5.11. The van der Waals surface area contributed by atoms with Crippen molar-refractivity contribution in [3.63, 3.8) is 0 Å². The molecule has 5 heteroatoms. The third-order valence-corrected chi connectivity index (χ3v) is 4.58. The fourth-order valence-corrected chi connectivity index (χ4v) is 3.20. The van der Waals surface area contributed by atoms with Gasteiger partial charge in [0.25, 0.3) is 0 Å². The van der Waals surface area contributed by atoms with Crippen LogP contribution in [-0.2, 0) is 9.84 Å². The van der Waals surface area contributed by atoms with Crippen LogP contribution in [0.2, 0.25) is 0 Å². The molecule has 0 spiro atoms. The van der Waals surface area contributed by atoms with Crippen LogP contribution in [-0.4, -0.2) is 14.2 Å². The number of nitrogen functional groups attached to an aromatic ring is 1. The number of rotatable bonds is 4. The van der Waals surface area contributed by atoms with Crippen LogP contribution in [0.4, 0.5) is 5.69 Å². The van der Waals surface area contributed by atoms with Crippen molar-refractivity contribution >= 4 is 15.5 Å². The number of benzene rings is 1. The molecular formula is C13H18N2O2S. The van der Waals surface area contributed by atoms with E-state index in [1.807, 2.05) is 6.92 Å². The van der Waals surface area contributed by atoms with Gasteiger partial charge < -0.3 is 5.73 Å². The average Bonchev–Trinajstić information content (AvgIpc) is 2.26. The lowest BCUT2D eigenvalue weighted by molar-refractivity contribution is 0.473. The Balaban J connectivity index is 2.98. The molecule has 0 aromatic heterocycles. The number of nitriles is 1. The lowest BCUT2D eigenvalue weighted by Crippen LogP contribution is -2.17. The van der Waals surface area contributed by atoms with E-state index in [2.05, 4.69) is 6.07 Å². The van der Waals surface area contributed by atoms with Gasteiger partial charge in [0.15, 0.2) is 9.84 Å². The summed E-state index contributed by atoms with van der Waals surface area (Å²) in [6.45, 7) is 5.30. The minimum atomic E-state index is -3.43. The summed E-state index contributed by atoms with van der Waals surface area (Å²) < 4.78 is 24.3. The van der Waals surface area contributed by atoms with Crippen molar-refractivity contribution in [2.24, 2.45) is 5.41 Å². The average molecular weight is 266 g/mol. The first-order valence-electron chi connectivity index (χ1n) is 5.68. The van der Waals surface area contributed by atoms with Crippen LogP contribution >= 0.6 is 0 Å². The van der Waals surface area contributed by atoms with Crippen molar-refractivity contribution in [1.29, 1.82) is 5.26 Å². The van der Waals surface area contributed by atoms with E-state index in [0.29, 0.717) is 6.42 Å². The Morgan fingerprint density at radius 1 is 1.39 bits per heavy atom. The normalized spacial score (nSPS) is 12.1. The molecular weight excluding hydrogens is 248 g/mol. The van der Waals surface area contributed by atoms with Crippen LogP contribution in [0.3, 0.4) is 0 Å². The van der Waals surface area contributed by atoms with Gasteiger partial charge in [0.05, 0.1) is 27.8 Å². The highest BCUT2D eigenvalue weighted by molar-refractivity contribution is 7.91. The second kappa shape index (κ2) is 4.99. The SMILES string of the molecule is Cc1ccc(S(=O)(=O)CCC(C)(C)C#N)c(N)c1. The highest BCUT2D eigenvalue weighted by Crippen LogP contribution is 2.25. The first-order chi connectivity index (χ1) is 8.18. The van der Waals surface area contributed by atoms with E-state index in [1.165, 1.54) is 6.07 Å². The molecule has 0 saturated heterocycles. The fraction of sp³-hybridized carbons (Fsp3) is 0.462. The van der Waals surface area contributed by atoms with Gasteiger partial charge in [-0.3, -0.25) is 0 Å². The topological polar surface area (TPSA) is 84.0 Å². The van der Waals surface area contributed by atoms with Gasteiger partial charge in [-0.2, -0.15) is 5.26 Å². The molecule has 1 rings (SSSR count). The molecule has 0 aliphatic heterocycles. The minimum Gasteiger partial charge on any atom is -0.398 e. The van der Waals surface area contributed by atoms with Crippen molar-refractivity contribution < 1.29 is 8.42 Å². The Labute approximate surface area is 108 Å². The quantitative estimate of drug-likeness (QED) is 0.847. The maximum Gasteiger partial charge on any atom is 0.180 e. The van der Waals surface area contributed by atoms with E-state index < -0.39 is 15.3 Å². The van der Waals surface area contributed by atoms with E-state index in [0.717, 1.165) is 5.56 Å². The van der Waals surface area contributed by atoms with Gasteiger partial charge in [-0.1, -0.05) is 6.07 Å². The number of anilines is 1. The number of sulfone groups is 1. The fourth-order valence-electron chi connectivity index (χ4n) is 1.51. The first-order valence-corrected chi connectivity index (χ1v) is 7.33. The minimum absolute atomic E-state index is 0.0686. The second-order valence-corrected chi connectivity index (χ2v) is 7.18. The van der Waals surface area contributed by atoms with Gasteiger partial charge in [0.1, 0.15) is 0 Å². The molecule has 0 heterocycles. The van der Waals surface area contributed by atoms with Crippen molar-refractivity contribution in [2.75, 3.05) is 11.5 Å². The summed E-state index contributed by atoms with van der Waals surface area (Å²) in [5.41, 5.74) is 6.28. The zero-order chi connectivity index (χ0) is 14.0. The van der Waals surface area contributed by atoms with E-state index in [4.69, 9.17) is 11.0 Å². The summed E-state index contributed by atoms with van der Waals surface area (Å²) >= 11 is 0. The third-order valence-electron chi connectivity index (χ3n) is 2.80. The molecule has 1 aromatic carbocycles. The zero-order valence-electron chi connectivity index (χ0n) is 10.9. The Kier molecular flexibility index (Phi) is 4.02. The number of aryl methyl sites for hydroxylation is 1. The van der Waals surface area contributed by atoms with Gasteiger partial charge in [0, 0.05) is 0 Å². The van der Waals surface area contributed by atoms with Crippen molar-refractivity contribution in [3.8, 4) is 6.07 Å². The summed E-state index contributed by atoms with van der Waals surface area (Å²) in [5.74, 6) is -0.0686. The maximum absolute atomic E-state index is 12.1. The van der Waals surface area contributed by atoms with E-state index in [9.17, 15) is 8.42 Å². The largest absolute Gasteiger partial charge is 0.398 e. The van der Waals surface area contributed by atoms with Gasteiger partial charge in [-0.15, -0.1) is 0 Å². The highest BCUT2D eigenvalue weighted by Gasteiger charge is 2.24. The van der Waals surface area contributed by atoms with E-state index in [1.54, 1.807) is 26.0 Å². The lowest BCUT2D eigenvalue weighted by atomic mass is 9.93. The van der Waals surface area contributed by atoms with Crippen LogP contribution < -0.4 is 5.73 Å². The molecule has 0 amide bonds. The number of nitrogens with zero attached hydrogens (tertiary/aromatic N) is 1. The van der Waals surface area contributed by atoms with Gasteiger partial charge in [-0.25, -0.2) is 8.42 Å². The summed E-state index contributed by atoms with van der Waals surface area (Å²) in [7, 11) is -3.43. The monoisotopic (exact) mass is 266 g/mol. The van der Waals surface area contributed by atoms with E-state index in [-0.39, 0.29) is 16.3 Å². The summed E-state index contributed by atoms with van der Waals surface area (Å²) in [6, 6.07) is 6.98. The molecule has 0 unspecified atom stereocenters. The molecule has 98 valence electrons. The number of hydrogen-bond acceptors (Lipinski definition) is 4. The van der Waals surface area contributed by atoms with Crippen LogP contribution in [0.1, 0.15) is 25.8 Å². The summed E-state index contributed by atoms with van der Waals surface area (Å²) in [6.07, 6.45) is 0.291. The lowest BCUT2D eigenvalue weighted by Gasteiger charge is -2.15. The molecule has 4 nitrogen and oxygen atoms in total. The Hall–Kier alpha value is -1.54. The molecule has 0 saturated carbocycles. The molecule has 0 aliphatic carbocycles. The number of nitrogens with two attached hydrogens (primary N) is 1. The van der Waals surface area contributed by atoms with Gasteiger partial charge in [0.2, 0.25) is 0 Å². The zero-order valence-corrected chi connectivity index (χ0v) is 11.7. The Bertz CT molecular complexity index is 583. The molecule has 0 fully saturated rings. The van der Waals surface area contributed by atoms with Crippen LogP contribution in [0, 0.1) is 23.7 Å². The Morgan fingerprint density at radius 2 is 2.00 bits per heavy atom. The maximum atomic E-state index is 12.1. The standard InChI is InChI=1S/C13H18N2O2S/c1-10-4-5-12(11(15)8-10)18(16,17)7-6-13(2,3)9-14/h4-5,8H,6-7,15H2,1-3H3.